The zero-order chi connectivity index (χ0) is 22.5. The third-order valence-corrected chi connectivity index (χ3v) is 6.29. The van der Waals surface area contributed by atoms with Gasteiger partial charge < -0.3 is 15.3 Å². The number of nitrogens with zero attached hydrogens (tertiary/aromatic N) is 3. The zero-order valence-corrected chi connectivity index (χ0v) is 19.1. The van der Waals surface area contributed by atoms with Crippen molar-refractivity contribution in [1.82, 2.24) is 15.2 Å². The van der Waals surface area contributed by atoms with Crippen LogP contribution < -0.4 is 5.32 Å². The first kappa shape index (κ1) is 22.5. The van der Waals surface area contributed by atoms with Gasteiger partial charge in [0, 0.05) is 37.3 Å². The third-order valence-electron chi connectivity index (χ3n) is 6.29. The second kappa shape index (κ2) is 10.3. The molecule has 2 aromatic rings. The van der Waals surface area contributed by atoms with Crippen molar-refractivity contribution in [2.24, 2.45) is 4.99 Å². The van der Waals surface area contributed by atoms with Crippen LogP contribution in [0.25, 0.3) is 17.3 Å². The van der Waals surface area contributed by atoms with E-state index >= 15 is 0 Å². The van der Waals surface area contributed by atoms with Crippen molar-refractivity contribution in [3.05, 3.63) is 52.7 Å². The predicted octanol–water partition coefficient (Wildman–Crippen LogP) is 4.51. The zero-order valence-electron chi connectivity index (χ0n) is 19.1. The molecule has 0 spiro atoms. The Balaban J connectivity index is 1.66. The molecule has 1 saturated heterocycles. The lowest BCUT2D eigenvalue weighted by molar-refractivity contribution is 0.282. The molecule has 4 rings (SSSR count). The summed E-state index contributed by atoms with van der Waals surface area (Å²) in [4.78, 5) is 12.1. The molecule has 0 aliphatic carbocycles. The molecular weight excluding hydrogens is 403 g/mol. The fourth-order valence-electron chi connectivity index (χ4n) is 4.57. The minimum atomic E-state index is -0.314. The first-order chi connectivity index (χ1) is 15.6. The molecule has 3 heterocycles. The summed E-state index contributed by atoms with van der Waals surface area (Å²) in [5, 5.41) is 13.8. The molecule has 0 bridgehead atoms. The van der Waals surface area contributed by atoms with Crippen LogP contribution in [0.4, 0.5) is 4.39 Å². The number of aromatic nitrogens is 1. The Morgan fingerprint density at radius 3 is 2.88 bits per heavy atom. The number of phenols is 1. The number of pyridine rings is 1. The van der Waals surface area contributed by atoms with Gasteiger partial charge in [-0.2, -0.15) is 0 Å². The Morgan fingerprint density at radius 2 is 2.16 bits per heavy atom. The Bertz CT molecular complexity index is 1010. The van der Waals surface area contributed by atoms with E-state index in [1.807, 2.05) is 25.3 Å². The van der Waals surface area contributed by atoms with Crippen LogP contribution in [0.5, 0.6) is 5.75 Å². The summed E-state index contributed by atoms with van der Waals surface area (Å²) >= 11 is 0. The fraction of sp³-hybridized carbons (Fsp3) is 0.462. The number of unbranched alkanes of at least 4 members (excludes halogenated alkanes) is 1. The van der Waals surface area contributed by atoms with Crippen molar-refractivity contribution in [1.29, 1.82) is 0 Å². The fourth-order valence-corrected chi connectivity index (χ4v) is 4.57. The van der Waals surface area contributed by atoms with Crippen molar-refractivity contribution >= 4 is 11.9 Å². The van der Waals surface area contributed by atoms with Crippen molar-refractivity contribution < 1.29 is 9.50 Å². The maximum atomic E-state index is 12.3. The molecule has 5 nitrogen and oxygen atoms in total. The lowest BCUT2D eigenvalue weighted by atomic mass is 9.99. The van der Waals surface area contributed by atoms with Gasteiger partial charge in [-0.3, -0.25) is 14.4 Å². The van der Waals surface area contributed by atoms with E-state index in [4.69, 9.17) is 4.98 Å². The average Bonchev–Trinajstić information content (AvgIpc) is 2.92. The number of halogens is 1. The summed E-state index contributed by atoms with van der Waals surface area (Å²) in [5.41, 5.74) is 6.02. The molecular formula is C26H33FN4O. The Kier molecular flexibility index (Phi) is 7.20. The second-order valence-electron chi connectivity index (χ2n) is 8.73. The smallest absolute Gasteiger partial charge is 0.132 e. The van der Waals surface area contributed by atoms with Gasteiger partial charge in [0.2, 0.25) is 0 Å². The van der Waals surface area contributed by atoms with E-state index in [0.29, 0.717) is 18.9 Å². The van der Waals surface area contributed by atoms with Crippen LogP contribution in [0.15, 0.2) is 35.3 Å². The molecule has 1 aromatic carbocycles. The molecule has 1 aromatic heterocycles. The van der Waals surface area contributed by atoms with Gasteiger partial charge in [-0.05, 0) is 81.0 Å². The van der Waals surface area contributed by atoms with E-state index in [-0.39, 0.29) is 12.4 Å². The van der Waals surface area contributed by atoms with E-state index in [2.05, 4.69) is 28.2 Å². The van der Waals surface area contributed by atoms with Gasteiger partial charge in [0.25, 0.3) is 0 Å². The lowest BCUT2D eigenvalue weighted by Gasteiger charge is -2.35. The summed E-state index contributed by atoms with van der Waals surface area (Å²) in [6.45, 7) is 4.88. The molecule has 1 unspecified atom stereocenters. The molecule has 2 aliphatic heterocycles. The highest BCUT2D eigenvalue weighted by Crippen LogP contribution is 2.30. The highest BCUT2D eigenvalue weighted by molar-refractivity contribution is 6.01. The van der Waals surface area contributed by atoms with Crippen molar-refractivity contribution in [3.63, 3.8) is 0 Å². The second-order valence-corrected chi connectivity index (χ2v) is 8.73. The summed E-state index contributed by atoms with van der Waals surface area (Å²) in [6.07, 6.45) is 8.25. The maximum Gasteiger partial charge on any atom is 0.132 e. The van der Waals surface area contributed by atoms with Gasteiger partial charge >= 0.3 is 0 Å². The lowest BCUT2D eigenvalue weighted by Crippen LogP contribution is -2.51. The Hall–Kier alpha value is -2.73. The minimum Gasteiger partial charge on any atom is -0.508 e. The SMILES string of the molecule is C/N=C1\c2c(C)cc(-c3cc(O)cc(/C=C\CCCF)c3)nc2CCCN1CC1CCN1. The van der Waals surface area contributed by atoms with Crippen molar-refractivity contribution in [3.8, 4) is 17.0 Å². The number of nitrogens with one attached hydrogen (secondary N) is 1. The number of alkyl halides is 1. The van der Waals surface area contributed by atoms with Crippen LogP contribution >= 0.6 is 0 Å². The number of aryl methyl sites for hydroxylation is 2. The van der Waals surface area contributed by atoms with E-state index in [1.54, 1.807) is 12.1 Å². The van der Waals surface area contributed by atoms with Gasteiger partial charge in [-0.25, -0.2) is 0 Å². The normalized spacial score (nSPS) is 19.8. The first-order valence-corrected chi connectivity index (χ1v) is 11.6. The molecule has 0 saturated carbocycles. The van der Waals surface area contributed by atoms with Crippen LogP contribution in [-0.4, -0.2) is 60.2 Å². The number of hydrogen-bond donors (Lipinski definition) is 2. The molecule has 0 amide bonds. The number of aromatic hydroxyl groups is 1. The molecule has 6 heteroatoms. The number of benzene rings is 1. The highest BCUT2D eigenvalue weighted by Gasteiger charge is 2.27. The minimum absolute atomic E-state index is 0.206. The predicted molar refractivity (Wildman–Crippen MR) is 129 cm³/mol. The van der Waals surface area contributed by atoms with Crippen LogP contribution in [-0.2, 0) is 6.42 Å². The number of fused-ring (bicyclic) bond motifs is 1. The van der Waals surface area contributed by atoms with Gasteiger partial charge in [0.15, 0.2) is 0 Å². The highest BCUT2D eigenvalue weighted by atomic mass is 19.1. The largest absolute Gasteiger partial charge is 0.508 e. The van der Waals surface area contributed by atoms with Gasteiger partial charge in [-0.15, -0.1) is 0 Å². The molecule has 170 valence electrons. The van der Waals surface area contributed by atoms with Crippen LogP contribution in [0.1, 0.15) is 48.1 Å². The third kappa shape index (κ3) is 5.01. The quantitative estimate of drug-likeness (QED) is 0.627. The number of phenolic OH excluding ortho intramolecular Hbond substituents is 1. The summed E-state index contributed by atoms with van der Waals surface area (Å²) < 4.78 is 12.3. The molecule has 32 heavy (non-hydrogen) atoms. The molecule has 1 fully saturated rings. The Labute approximate surface area is 190 Å². The number of allylic oxidation sites excluding steroid dienone is 1. The molecule has 2 N–H and O–H groups in total. The van der Waals surface area contributed by atoms with E-state index in [1.165, 1.54) is 6.42 Å². The van der Waals surface area contributed by atoms with Gasteiger partial charge in [-0.1, -0.05) is 12.2 Å². The standard InChI is InChI=1S/C26H33FN4O/c1-18-13-24(20-14-19(15-22(32)16-20)7-4-3-5-10-27)30-23-8-6-12-31(17-21-9-11-29-21)26(28-2)25(18)23/h4,7,13-16,21,29,32H,3,5-6,8-12,17H2,1-2H3/b7-4-,28-26+. The number of aliphatic imine (C=N–C) groups is 1. The summed E-state index contributed by atoms with van der Waals surface area (Å²) in [5.74, 6) is 1.24. The van der Waals surface area contributed by atoms with E-state index in [0.717, 1.165) is 72.0 Å². The van der Waals surface area contributed by atoms with Crippen LogP contribution in [0, 0.1) is 6.92 Å². The average molecular weight is 437 g/mol. The van der Waals surface area contributed by atoms with Crippen molar-refractivity contribution in [2.75, 3.05) is 33.4 Å². The monoisotopic (exact) mass is 436 g/mol. The topological polar surface area (TPSA) is 60.8 Å². The van der Waals surface area contributed by atoms with Gasteiger partial charge in [0.05, 0.1) is 18.1 Å². The molecule has 0 radical (unpaired) electrons. The summed E-state index contributed by atoms with van der Waals surface area (Å²) in [6, 6.07) is 8.15. The summed E-state index contributed by atoms with van der Waals surface area (Å²) in [7, 11) is 1.87. The Morgan fingerprint density at radius 1 is 1.31 bits per heavy atom. The van der Waals surface area contributed by atoms with Crippen LogP contribution in [0.2, 0.25) is 0 Å². The number of rotatable bonds is 7. The van der Waals surface area contributed by atoms with E-state index in [9.17, 15) is 9.50 Å². The van der Waals surface area contributed by atoms with Gasteiger partial charge in [0.1, 0.15) is 11.6 Å². The first-order valence-electron chi connectivity index (χ1n) is 11.6. The number of hydrogen-bond acceptors (Lipinski definition) is 4. The van der Waals surface area contributed by atoms with Crippen LogP contribution in [0.3, 0.4) is 0 Å². The van der Waals surface area contributed by atoms with Crippen molar-refractivity contribution in [2.45, 2.75) is 45.1 Å². The number of amidine groups is 1. The molecule has 2 aliphatic rings. The maximum absolute atomic E-state index is 12.3. The van der Waals surface area contributed by atoms with E-state index < -0.39 is 0 Å². The molecule has 1 atom stereocenters.